The molecule has 1 heterocycles. The van der Waals surface area contributed by atoms with Gasteiger partial charge in [-0.2, -0.15) is 0 Å². The van der Waals surface area contributed by atoms with E-state index in [0.717, 1.165) is 11.3 Å². The Morgan fingerprint density at radius 3 is 2.79 bits per heavy atom. The van der Waals surface area contributed by atoms with Crippen LogP contribution < -0.4 is 10.1 Å². The average Bonchev–Trinajstić information content (AvgIpc) is 3.17. The summed E-state index contributed by atoms with van der Waals surface area (Å²) in [5, 5.41) is 3.16. The first-order valence-electron chi connectivity index (χ1n) is 8.47. The summed E-state index contributed by atoms with van der Waals surface area (Å²) in [6, 6.07) is 12.9. The summed E-state index contributed by atoms with van der Waals surface area (Å²) in [5.41, 5.74) is 0.841. The molecular weight excluding hydrogens is 383 g/mol. The number of nitrogens with one attached hydrogen (secondary N) is 1. The van der Waals surface area contributed by atoms with Gasteiger partial charge in [0, 0.05) is 17.3 Å². The molecule has 28 heavy (non-hydrogen) atoms. The van der Waals surface area contributed by atoms with E-state index in [2.05, 4.69) is 10.3 Å². The molecule has 1 amide bonds. The number of thiazole rings is 1. The number of ether oxygens (including phenoxy) is 2. The highest BCUT2D eigenvalue weighted by atomic mass is 32.1. The number of amides is 1. The molecule has 0 fully saturated rings. The van der Waals surface area contributed by atoms with Crippen LogP contribution in [0.3, 0.4) is 0 Å². The van der Waals surface area contributed by atoms with Crippen LogP contribution in [-0.4, -0.2) is 30.1 Å². The van der Waals surface area contributed by atoms with Gasteiger partial charge < -0.3 is 14.8 Å². The Labute approximate surface area is 164 Å². The molecule has 0 bridgehead atoms. The van der Waals surface area contributed by atoms with Crippen LogP contribution in [-0.2, 0) is 9.53 Å². The molecule has 3 rings (SSSR count). The lowest BCUT2D eigenvalue weighted by Crippen LogP contribution is -2.15. The van der Waals surface area contributed by atoms with Crippen LogP contribution >= 0.6 is 11.3 Å². The van der Waals surface area contributed by atoms with Crippen LogP contribution in [0.1, 0.15) is 16.6 Å². The van der Waals surface area contributed by atoms with Gasteiger partial charge in [-0.05, 0) is 31.2 Å². The molecule has 0 radical (unpaired) electrons. The molecule has 0 saturated heterocycles. The minimum Gasteiger partial charge on any atom is -0.482 e. The summed E-state index contributed by atoms with van der Waals surface area (Å²) in [6.07, 6.45) is 1.41. The van der Waals surface area contributed by atoms with Crippen molar-refractivity contribution in [3.8, 4) is 16.3 Å². The molecule has 3 aromatic rings. The summed E-state index contributed by atoms with van der Waals surface area (Å²) >= 11 is 1.10. The lowest BCUT2D eigenvalue weighted by atomic mass is 10.2. The average molecular weight is 400 g/mol. The van der Waals surface area contributed by atoms with Gasteiger partial charge in [-0.3, -0.25) is 4.79 Å². The van der Waals surface area contributed by atoms with Gasteiger partial charge in [0.25, 0.3) is 5.91 Å². The first-order chi connectivity index (χ1) is 13.6. The number of hydrogen-bond donors (Lipinski definition) is 1. The maximum atomic E-state index is 13.9. The Morgan fingerprint density at radius 1 is 1.18 bits per heavy atom. The topological polar surface area (TPSA) is 77.5 Å². The Hall–Kier alpha value is -3.26. The minimum absolute atomic E-state index is 0.216. The van der Waals surface area contributed by atoms with Crippen LogP contribution in [0.15, 0.2) is 54.7 Å². The second-order valence-electron chi connectivity index (χ2n) is 5.59. The Morgan fingerprint density at radius 2 is 2.00 bits per heavy atom. The fraction of sp³-hybridized carbons (Fsp3) is 0.150. The van der Waals surface area contributed by atoms with Crippen molar-refractivity contribution in [1.29, 1.82) is 0 Å². The third-order valence-corrected chi connectivity index (χ3v) is 4.62. The second kappa shape index (κ2) is 9.09. The van der Waals surface area contributed by atoms with Crippen LogP contribution in [0.4, 0.5) is 10.1 Å². The highest BCUT2D eigenvalue weighted by Gasteiger charge is 2.14. The van der Waals surface area contributed by atoms with Gasteiger partial charge in [0.05, 0.1) is 12.8 Å². The van der Waals surface area contributed by atoms with Crippen molar-refractivity contribution in [2.24, 2.45) is 0 Å². The number of rotatable bonds is 7. The number of aromatic nitrogens is 1. The van der Waals surface area contributed by atoms with E-state index in [1.165, 1.54) is 12.3 Å². The largest absolute Gasteiger partial charge is 0.482 e. The van der Waals surface area contributed by atoms with Crippen molar-refractivity contribution < 1.29 is 23.5 Å². The van der Waals surface area contributed by atoms with Gasteiger partial charge >= 0.3 is 5.97 Å². The van der Waals surface area contributed by atoms with E-state index in [9.17, 15) is 14.0 Å². The van der Waals surface area contributed by atoms with Gasteiger partial charge in [-0.1, -0.05) is 18.2 Å². The smallest absolute Gasteiger partial charge is 0.344 e. The first kappa shape index (κ1) is 19.5. The molecule has 1 N–H and O–H groups in total. The van der Waals surface area contributed by atoms with Crippen molar-refractivity contribution >= 4 is 28.9 Å². The number of nitrogens with zero attached hydrogens (tertiary/aromatic N) is 1. The number of esters is 1. The number of carbonyl (C=O) groups is 2. The zero-order valence-electron chi connectivity index (χ0n) is 15.0. The van der Waals surface area contributed by atoms with E-state index in [1.807, 2.05) is 0 Å². The summed E-state index contributed by atoms with van der Waals surface area (Å²) in [7, 11) is 0. The number of hydrogen-bond acceptors (Lipinski definition) is 6. The summed E-state index contributed by atoms with van der Waals surface area (Å²) in [5.74, 6) is -0.817. The third-order valence-electron chi connectivity index (χ3n) is 3.59. The van der Waals surface area contributed by atoms with Gasteiger partial charge in [-0.15, -0.1) is 11.3 Å². The van der Waals surface area contributed by atoms with Crippen LogP contribution in [0.2, 0.25) is 0 Å². The predicted molar refractivity (Wildman–Crippen MR) is 104 cm³/mol. The summed E-state index contributed by atoms with van der Waals surface area (Å²) in [4.78, 5) is 28.3. The van der Waals surface area contributed by atoms with Crippen molar-refractivity contribution in [2.45, 2.75) is 6.92 Å². The number of carbonyl (C=O) groups excluding carboxylic acids is 2. The Kier molecular flexibility index (Phi) is 6.33. The van der Waals surface area contributed by atoms with Crippen LogP contribution in [0.5, 0.6) is 5.75 Å². The van der Waals surface area contributed by atoms with Crippen molar-refractivity contribution in [3.05, 3.63) is 65.4 Å². The van der Waals surface area contributed by atoms with E-state index in [4.69, 9.17) is 9.47 Å². The molecule has 0 spiro atoms. The number of benzene rings is 2. The third kappa shape index (κ3) is 4.92. The molecule has 0 unspecified atom stereocenters. The zero-order chi connectivity index (χ0) is 19.9. The molecular formula is C20H17FN2O4S. The molecule has 0 aliphatic carbocycles. The lowest BCUT2D eigenvalue weighted by molar-refractivity contribution is -0.145. The van der Waals surface area contributed by atoms with Crippen molar-refractivity contribution in [2.75, 3.05) is 18.5 Å². The standard InChI is InChI=1S/C20H17FN2O4S/c1-2-26-18(24)12-27-14-7-5-6-13(10-14)23-19(25)17-11-22-20(28-17)15-8-3-4-9-16(15)21/h3-11H,2,12H2,1H3,(H,23,25). The normalized spacial score (nSPS) is 10.4. The van der Waals surface area contributed by atoms with E-state index >= 15 is 0 Å². The molecule has 8 heteroatoms. The summed E-state index contributed by atoms with van der Waals surface area (Å²) in [6.45, 7) is 1.78. The van der Waals surface area contributed by atoms with E-state index in [-0.39, 0.29) is 19.1 Å². The van der Waals surface area contributed by atoms with Gasteiger partial charge in [0.15, 0.2) is 6.61 Å². The van der Waals surface area contributed by atoms with Gasteiger partial charge in [-0.25, -0.2) is 14.2 Å². The molecule has 0 aliphatic rings. The quantitative estimate of drug-likeness (QED) is 0.603. The molecule has 0 aliphatic heterocycles. The highest BCUT2D eigenvalue weighted by molar-refractivity contribution is 7.17. The molecule has 0 saturated carbocycles. The monoisotopic (exact) mass is 400 g/mol. The molecule has 0 atom stereocenters. The van der Waals surface area contributed by atoms with Crippen LogP contribution in [0.25, 0.3) is 10.6 Å². The fourth-order valence-corrected chi connectivity index (χ4v) is 3.18. The van der Waals surface area contributed by atoms with Crippen molar-refractivity contribution in [3.63, 3.8) is 0 Å². The second-order valence-corrected chi connectivity index (χ2v) is 6.62. The molecule has 144 valence electrons. The number of anilines is 1. The maximum absolute atomic E-state index is 13.9. The Bertz CT molecular complexity index is 990. The lowest BCUT2D eigenvalue weighted by Gasteiger charge is -2.08. The van der Waals surface area contributed by atoms with E-state index in [0.29, 0.717) is 26.9 Å². The van der Waals surface area contributed by atoms with Gasteiger partial charge in [0.2, 0.25) is 0 Å². The summed E-state index contributed by atoms with van der Waals surface area (Å²) < 4.78 is 24.0. The molecule has 6 nitrogen and oxygen atoms in total. The molecule has 2 aromatic carbocycles. The van der Waals surface area contributed by atoms with Gasteiger partial charge in [0.1, 0.15) is 21.5 Å². The minimum atomic E-state index is -0.470. The number of halogens is 1. The van der Waals surface area contributed by atoms with Crippen molar-refractivity contribution in [1.82, 2.24) is 4.98 Å². The van der Waals surface area contributed by atoms with E-state index in [1.54, 1.807) is 49.4 Å². The Balaban J connectivity index is 1.66. The zero-order valence-corrected chi connectivity index (χ0v) is 15.8. The van der Waals surface area contributed by atoms with Crippen LogP contribution in [0, 0.1) is 5.82 Å². The maximum Gasteiger partial charge on any atom is 0.344 e. The fourth-order valence-electron chi connectivity index (χ4n) is 2.34. The van der Waals surface area contributed by atoms with E-state index < -0.39 is 11.8 Å². The molecule has 1 aromatic heterocycles. The SMILES string of the molecule is CCOC(=O)COc1cccc(NC(=O)c2cnc(-c3ccccc3F)s2)c1. The highest BCUT2D eigenvalue weighted by Crippen LogP contribution is 2.28. The predicted octanol–water partition coefficient (Wildman–Crippen LogP) is 4.14. The first-order valence-corrected chi connectivity index (χ1v) is 9.29.